The third-order valence-electron chi connectivity index (χ3n) is 6.37. The van der Waals surface area contributed by atoms with Crippen molar-refractivity contribution in [2.75, 3.05) is 37.7 Å². The van der Waals surface area contributed by atoms with Gasteiger partial charge in [0.05, 0.1) is 6.20 Å². The minimum atomic E-state index is -0.658. The predicted molar refractivity (Wildman–Crippen MR) is 101 cm³/mol. The lowest BCUT2D eigenvalue weighted by atomic mass is 9.85. The Balaban J connectivity index is 1.38. The highest BCUT2D eigenvalue weighted by atomic mass is 16.2. The van der Waals surface area contributed by atoms with Gasteiger partial charge in [0.2, 0.25) is 0 Å². The molecule has 150 valence electrons. The van der Waals surface area contributed by atoms with Crippen molar-refractivity contribution >= 4 is 23.7 Å². The van der Waals surface area contributed by atoms with Crippen LogP contribution in [0.15, 0.2) is 24.4 Å². The fourth-order valence-corrected chi connectivity index (χ4v) is 4.66. The van der Waals surface area contributed by atoms with Gasteiger partial charge in [0.15, 0.2) is 6.67 Å². The maximum absolute atomic E-state index is 12.9. The zero-order valence-corrected chi connectivity index (χ0v) is 16.4. The minimum Gasteiger partial charge on any atom is -0.311 e. The number of aromatic nitrogens is 1. The number of amides is 4. The van der Waals surface area contributed by atoms with Gasteiger partial charge in [0.1, 0.15) is 26.2 Å². The summed E-state index contributed by atoms with van der Waals surface area (Å²) in [5.41, 5.74) is 0. The standard InChI is InChI=1S/C20H27N5O3/c1-15-6-2-3-7-16(15)25-19(27)18(26)24(20(25)28)14-22-10-12-23(13-11-22)17-8-4-5-9-21-17/h4-5,8-9,15-16H,2-3,6-7,10-14H2,1H3/p+2/t15-,16-/m0/s1. The van der Waals surface area contributed by atoms with Gasteiger partial charge in [-0.15, -0.1) is 0 Å². The van der Waals surface area contributed by atoms with Crippen molar-refractivity contribution in [2.24, 2.45) is 5.92 Å². The van der Waals surface area contributed by atoms with E-state index in [1.54, 1.807) is 0 Å². The van der Waals surface area contributed by atoms with E-state index in [1.807, 2.05) is 24.4 Å². The van der Waals surface area contributed by atoms with Crippen molar-refractivity contribution in [3.8, 4) is 0 Å². The summed E-state index contributed by atoms with van der Waals surface area (Å²) in [5.74, 6) is 0.0321. The summed E-state index contributed by atoms with van der Waals surface area (Å²) in [6.07, 6.45) is 5.84. The zero-order chi connectivity index (χ0) is 19.7. The molecule has 3 aliphatic rings. The van der Waals surface area contributed by atoms with Gasteiger partial charge >= 0.3 is 17.8 Å². The lowest BCUT2D eigenvalue weighted by molar-refractivity contribution is -0.908. The van der Waals surface area contributed by atoms with Crippen molar-refractivity contribution in [1.29, 1.82) is 0 Å². The van der Waals surface area contributed by atoms with Gasteiger partial charge in [-0.3, -0.25) is 19.4 Å². The molecule has 2 N–H and O–H groups in total. The Morgan fingerprint density at radius 3 is 2.50 bits per heavy atom. The number of rotatable bonds is 4. The molecule has 3 fully saturated rings. The molecule has 3 heterocycles. The molecule has 4 amide bonds. The molecule has 2 saturated heterocycles. The quantitative estimate of drug-likeness (QED) is 0.560. The molecule has 8 heteroatoms. The lowest BCUT2D eigenvalue weighted by Crippen LogP contribution is -3.16. The summed E-state index contributed by atoms with van der Waals surface area (Å²) in [7, 11) is 0. The molecule has 1 aromatic rings. The Labute approximate surface area is 165 Å². The number of nitrogens with zero attached hydrogens (tertiary/aromatic N) is 3. The van der Waals surface area contributed by atoms with Crippen molar-refractivity contribution in [2.45, 2.75) is 38.6 Å². The fraction of sp³-hybridized carbons (Fsp3) is 0.600. The number of urea groups is 1. The van der Waals surface area contributed by atoms with Gasteiger partial charge in [-0.25, -0.2) is 14.7 Å². The highest BCUT2D eigenvalue weighted by molar-refractivity contribution is 6.44. The molecule has 0 aromatic carbocycles. The Hall–Kier alpha value is -2.48. The van der Waals surface area contributed by atoms with E-state index < -0.39 is 17.8 Å². The van der Waals surface area contributed by atoms with Gasteiger partial charge in [0, 0.05) is 12.1 Å². The van der Waals surface area contributed by atoms with Gasteiger partial charge in [-0.1, -0.05) is 25.8 Å². The third-order valence-corrected chi connectivity index (χ3v) is 6.37. The Morgan fingerprint density at radius 2 is 1.82 bits per heavy atom. The van der Waals surface area contributed by atoms with E-state index in [1.165, 1.54) is 9.80 Å². The number of quaternary nitrogens is 1. The van der Waals surface area contributed by atoms with Crippen LogP contribution in [0.2, 0.25) is 0 Å². The summed E-state index contributed by atoms with van der Waals surface area (Å²) in [6.45, 7) is 5.64. The summed E-state index contributed by atoms with van der Waals surface area (Å²) >= 11 is 0. The maximum Gasteiger partial charge on any atom is 0.338 e. The lowest BCUT2D eigenvalue weighted by Gasteiger charge is -2.34. The average Bonchev–Trinajstić information content (AvgIpc) is 2.93. The van der Waals surface area contributed by atoms with E-state index >= 15 is 0 Å². The molecule has 1 aromatic heterocycles. The molecule has 2 aliphatic heterocycles. The van der Waals surface area contributed by atoms with Crippen LogP contribution in [-0.2, 0) is 9.59 Å². The van der Waals surface area contributed by atoms with E-state index in [0.717, 1.165) is 62.6 Å². The number of anilines is 1. The molecular formula is C20H29N5O3+2. The van der Waals surface area contributed by atoms with Crippen molar-refractivity contribution < 1.29 is 24.3 Å². The molecule has 28 heavy (non-hydrogen) atoms. The number of carbonyl (C=O) groups excluding carboxylic acids is 3. The maximum atomic E-state index is 12.9. The smallest absolute Gasteiger partial charge is 0.311 e. The van der Waals surface area contributed by atoms with Crippen molar-refractivity contribution in [3.05, 3.63) is 24.4 Å². The zero-order valence-electron chi connectivity index (χ0n) is 16.4. The molecule has 2 atom stereocenters. The Morgan fingerprint density at radius 1 is 1.07 bits per heavy atom. The number of H-pyrrole nitrogens is 1. The minimum absolute atomic E-state index is 0.136. The SMILES string of the molecule is C[C@H]1CCCC[C@@H]1N1C(=O)C(=O)N(C[NH+]2CCN(c3cccc[nH+]3)CC2)C1=O. The molecule has 1 saturated carbocycles. The average molecular weight is 387 g/mol. The second-order valence-corrected chi connectivity index (χ2v) is 8.16. The number of imide groups is 2. The highest BCUT2D eigenvalue weighted by Gasteiger charge is 2.50. The molecular weight excluding hydrogens is 358 g/mol. The van der Waals surface area contributed by atoms with Crippen LogP contribution in [-0.4, -0.2) is 66.5 Å². The first-order valence-electron chi connectivity index (χ1n) is 10.3. The van der Waals surface area contributed by atoms with Crippen molar-refractivity contribution in [3.63, 3.8) is 0 Å². The van der Waals surface area contributed by atoms with E-state index in [9.17, 15) is 14.4 Å². The van der Waals surface area contributed by atoms with E-state index in [0.29, 0.717) is 0 Å². The monoisotopic (exact) mass is 387 g/mol. The molecule has 0 unspecified atom stereocenters. The topological polar surface area (TPSA) is 79.5 Å². The second-order valence-electron chi connectivity index (χ2n) is 8.16. The number of nitrogens with one attached hydrogen (secondary N) is 2. The van der Waals surface area contributed by atoms with Crippen LogP contribution in [0, 0.1) is 5.92 Å². The number of hydrogen-bond donors (Lipinski definition) is 1. The Bertz CT molecular complexity index is 747. The summed E-state index contributed by atoms with van der Waals surface area (Å²) < 4.78 is 0. The molecule has 4 rings (SSSR count). The number of hydrogen-bond acceptors (Lipinski definition) is 4. The normalized spacial score (nSPS) is 27.0. The largest absolute Gasteiger partial charge is 0.338 e. The van der Waals surface area contributed by atoms with Crippen LogP contribution in [0.5, 0.6) is 0 Å². The van der Waals surface area contributed by atoms with E-state index in [-0.39, 0.29) is 18.6 Å². The number of pyridine rings is 1. The second kappa shape index (κ2) is 7.87. The van der Waals surface area contributed by atoms with Crippen LogP contribution >= 0.6 is 0 Å². The highest BCUT2D eigenvalue weighted by Crippen LogP contribution is 2.30. The summed E-state index contributed by atoms with van der Waals surface area (Å²) in [4.78, 5) is 47.0. The van der Waals surface area contributed by atoms with Crippen LogP contribution in [0.4, 0.5) is 10.6 Å². The summed E-state index contributed by atoms with van der Waals surface area (Å²) in [5, 5.41) is 0. The van der Waals surface area contributed by atoms with Crippen LogP contribution < -0.4 is 14.8 Å². The fourth-order valence-electron chi connectivity index (χ4n) is 4.66. The number of aromatic amines is 1. The number of carbonyl (C=O) groups is 3. The first-order chi connectivity index (χ1) is 13.6. The van der Waals surface area contributed by atoms with Crippen LogP contribution in [0.1, 0.15) is 32.6 Å². The Kier molecular flexibility index (Phi) is 5.30. The first kappa shape index (κ1) is 18.9. The van der Waals surface area contributed by atoms with Crippen LogP contribution in [0.25, 0.3) is 0 Å². The van der Waals surface area contributed by atoms with E-state index in [4.69, 9.17) is 0 Å². The molecule has 0 bridgehead atoms. The molecule has 8 nitrogen and oxygen atoms in total. The number of piperazine rings is 1. The van der Waals surface area contributed by atoms with E-state index in [2.05, 4.69) is 16.8 Å². The molecule has 0 radical (unpaired) electrons. The predicted octanol–water partition coefficient (Wildman–Crippen LogP) is -0.467. The molecule has 0 spiro atoms. The summed E-state index contributed by atoms with van der Waals surface area (Å²) in [6, 6.07) is 5.44. The molecule has 1 aliphatic carbocycles. The van der Waals surface area contributed by atoms with Gasteiger partial charge in [0.25, 0.3) is 5.82 Å². The van der Waals surface area contributed by atoms with Gasteiger partial charge < -0.3 is 4.90 Å². The van der Waals surface area contributed by atoms with Gasteiger partial charge in [-0.2, -0.15) is 0 Å². The van der Waals surface area contributed by atoms with Gasteiger partial charge in [-0.05, 0) is 24.8 Å². The first-order valence-corrected chi connectivity index (χ1v) is 10.3. The van der Waals surface area contributed by atoms with Crippen molar-refractivity contribution in [1.82, 2.24) is 9.80 Å². The van der Waals surface area contributed by atoms with Crippen LogP contribution in [0.3, 0.4) is 0 Å². The third kappa shape index (κ3) is 3.48.